The molecule has 0 N–H and O–H groups in total. The highest BCUT2D eigenvalue weighted by Gasteiger charge is 2.28. The molecule has 31 heavy (non-hydrogen) atoms. The lowest BCUT2D eigenvalue weighted by Gasteiger charge is -2.24. The number of Topliss-reactive ketones (excluding diaryl/α,β-unsaturated/α-hetero) is 1. The highest BCUT2D eigenvalue weighted by Crippen LogP contribution is 2.46. The molecule has 0 radical (unpaired) electrons. The fraction of sp³-hybridized carbons (Fsp3) is 0.370. The Morgan fingerprint density at radius 3 is 2.39 bits per heavy atom. The van der Waals surface area contributed by atoms with Gasteiger partial charge in [-0.25, -0.2) is 0 Å². The molecule has 3 aromatic rings. The van der Waals surface area contributed by atoms with Crippen LogP contribution in [-0.4, -0.2) is 37.4 Å². The van der Waals surface area contributed by atoms with Gasteiger partial charge in [-0.05, 0) is 73.6 Å². The van der Waals surface area contributed by atoms with E-state index in [2.05, 4.69) is 43.0 Å². The van der Waals surface area contributed by atoms with Gasteiger partial charge in [-0.3, -0.25) is 4.79 Å². The molecule has 0 unspecified atom stereocenters. The van der Waals surface area contributed by atoms with Crippen LogP contribution in [0.25, 0.3) is 22.3 Å². The first-order chi connectivity index (χ1) is 15.1. The average Bonchev–Trinajstić information content (AvgIpc) is 3.31. The topological polar surface area (TPSA) is 29.5 Å². The lowest BCUT2D eigenvalue weighted by Crippen LogP contribution is -2.29. The van der Waals surface area contributed by atoms with Crippen LogP contribution in [0.4, 0.5) is 0 Å². The highest BCUT2D eigenvalue weighted by atomic mass is 32.1. The minimum atomic E-state index is 0. The van der Waals surface area contributed by atoms with Crippen molar-refractivity contribution in [1.29, 1.82) is 0 Å². The van der Waals surface area contributed by atoms with Crippen molar-refractivity contribution in [3.8, 4) is 28.0 Å². The molecular formula is C27H33NO2S. The maximum atomic E-state index is 12.3. The monoisotopic (exact) mass is 435 g/mol. The number of thiophene rings is 1. The largest absolute Gasteiger partial charge is 0.496 e. The lowest BCUT2D eigenvalue weighted by molar-refractivity contribution is 0.0996. The van der Waals surface area contributed by atoms with Crippen molar-refractivity contribution in [3.05, 3.63) is 63.8 Å². The number of rotatable bonds is 3. The molecule has 4 heteroatoms. The molecule has 2 aliphatic rings. The van der Waals surface area contributed by atoms with Crippen molar-refractivity contribution in [3.63, 3.8) is 0 Å². The van der Waals surface area contributed by atoms with E-state index in [1.54, 1.807) is 7.11 Å². The average molecular weight is 436 g/mol. The van der Waals surface area contributed by atoms with Gasteiger partial charge in [-0.15, -0.1) is 11.3 Å². The Morgan fingerprint density at radius 1 is 1.00 bits per heavy atom. The van der Waals surface area contributed by atoms with Crippen LogP contribution in [0.1, 0.15) is 48.4 Å². The van der Waals surface area contributed by atoms with E-state index in [1.165, 1.54) is 55.8 Å². The first-order valence-corrected chi connectivity index (χ1v) is 12.1. The summed E-state index contributed by atoms with van der Waals surface area (Å²) >= 11 is 1.53. The number of hydrogen-bond donors (Lipinski definition) is 0. The van der Waals surface area contributed by atoms with Gasteiger partial charge in [0.1, 0.15) is 5.75 Å². The predicted molar refractivity (Wildman–Crippen MR) is 133 cm³/mol. The third kappa shape index (κ3) is 4.60. The molecular weight excluding hydrogens is 402 g/mol. The molecule has 0 bridgehead atoms. The van der Waals surface area contributed by atoms with Gasteiger partial charge in [-0.2, -0.15) is 0 Å². The van der Waals surface area contributed by atoms with E-state index >= 15 is 0 Å². The van der Waals surface area contributed by atoms with Gasteiger partial charge in [-0.1, -0.05) is 49.2 Å². The number of carbonyl (C=O) groups excluding carboxylic acids is 1. The molecule has 0 atom stereocenters. The number of ketones is 1. The maximum Gasteiger partial charge on any atom is 0.177 e. The summed E-state index contributed by atoms with van der Waals surface area (Å²) < 4.78 is 5.63. The number of methoxy groups -OCH3 is 1. The normalized spacial score (nSPS) is 15.5. The third-order valence-corrected chi connectivity index (χ3v) is 7.20. The van der Waals surface area contributed by atoms with E-state index in [-0.39, 0.29) is 7.21 Å². The van der Waals surface area contributed by atoms with Crippen LogP contribution >= 0.6 is 11.3 Å². The smallest absolute Gasteiger partial charge is 0.177 e. The molecule has 1 fully saturated rings. The van der Waals surface area contributed by atoms with Crippen LogP contribution in [0, 0.1) is 6.92 Å². The second-order valence-corrected chi connectivity index (χ2v) is 9.22. The number of aryl methyl sites for hydroxylation is 1. The van der Waals surface area contributed by atoms with E-state index in [0.29, 0.717) is 6.42 Å². The fourth-order valence-electron chi connectivity index (χ4n) is 4.51. The Hall–Kier alpha value is -2.43. The number of carbonyl (C=O) groups is 1. The Morgan fingerprint density at radius 2 is 1.74 bits per heavy atom. The number of hydrogen-bond acceptors (Lipinski definition) is 4. The van der Waals surface area contributed by atoms with Gasteiger partial charge in [0.05, 0.1) is 12.0 Å². The van der Waals surface area contributed by atoms with Crippen molar-refractivity contribution in [1.82, 2.24) is 4.90 Å². The first-order valence-electron chi connectivity index (χ1n) is 11.2. The number of ether oxygens (including phenoxy) is 1. The maximum absolute atomic E-state index is 12.3. The van der Waals surface area contributed by atoms with Crippen LogP contribution in [-0.2, 0) is 6.42 Å². The van der Waals surface area contributed by atoms with Crippen LogP contribution in [0.2, 0.25) is 0 Å². The quantitative estimate of drug-likeness (QED) is 0.449. The summed E-state index contributed by atoms with van der Waals surface area (Å²) in [6.07, 6.45) is 4.77. The molecule has 2 heterocycles. The molecule has 2 aromatic carbocycles. The standard InChI is InChI=1S/C20H16O2S.C7H15N.H2/c1-12-3-5-13(6-4-12)19-17(22-2)8-7-14-11-16(21)20-15(18(14)19)9-10-23-20;1-2-8-6-4-3-5-7-8;/h3-10H,11H2,1-2H3;2-7H2,1H3;1H. The summed E-state index contributed by atoms with van der Waals surface area (Å²) in [4.78, 5) is 15.7. The summed E-state index contributed by atoms with van der Waals surface area (Å²) in [5.41, 5.74) is 6.69. The summed E-state index contributed by atoms with van der Waals surface area (Å²) in [5, 5.41) is 2.00. The molecule has 0 saturated carbocycles. The molecule has 1 aliphatic heterocycles. The van der Waals surface area contributed by atoms with Gasteiger partial charge < -0.3 is 9.64 Å². The van der Waals surface area contributed by atoms with Crippen molar-refractivity contribution in [2.24, 2.45) is 0 Å². The number of nitrogens with zero attached hydrogens (tertiary/aromatic N) is 1. The molecule has 3 nitrogen and oxygen atoms in total. The Bertz CT molecular complexity index is 1050. The van der Waals surface area contributed by atoms with Gasteiger partial charge >= 0.3 is 0 Å². The van der Waals surface area contributed by atoms with E-state index in [9.17, 15) is 4.79 Å². The zero-order chi connectivity index (χ0) is 21.8. The van der Waals surface area contributed by atoms with Crippen molar-refractivity contribution in [2.75, 3.05) is 26.7 Å². The Kier molecular flexibility index (Phi) is 6.89. The van der Waals surface area contributed by atoms with Crippen molar-refractivity contribution < 1.29 is 11.0 Å². The molecule has 164 valence electrons. The lowest BCUT2D eigenvalue weighted by atomic mass is 9.84. The highest BCUT2D eigenvalue weighted by molar-refractivity contribution is 7.12. The Balaban J connectivity index is 0.000000274. The van der Waals surface area contributed by atoms with Crippen molar-refractivity contribution >= 4 is 17.1 Å². The number of piperidine rings is 1. The number of benzene rings is 2. The summed E-state index contributed by atoms with van der Waals surface area (Å²) in [6, 6.07) is 14.5. The summed E-state index contributed by atoms with van der Waals surface area (Å²) in [6.45, 7) is 8.26. The van der Waals surface area contributed by atoms with Gasteiger partial charge in [0, 0.05) is 19.0 Å². The molecule has 1 aromatic heterocycles. The molecule has 0 spiro atoms. The second-order valence-electron chi connectivity index (χ2n) is 8.30. The van der Waals surface area contributed by atoms with Crippen LogP contribution in [0.3, 0.4) is 0 Å². The predicted octanol–water partition coefficient (Wildman–Crippen LogP) is 6.88. The summed E-state index contributed by atoms with van der Waals surface area (Å²) in [7, 11) is 1.70. The van der Waals surface area contributed by atoms with Crippen molar-refractivity contribution in [2.45, 2.75) is 39.5 Å². The first kappa shape index (κ1) is 21.8. The van der Waals surface area contributed by atoms with E-state index in [1.807, 2.05) is 23.6 Å². The van der Waals surface area contributed by atoms with E-state index in [0.717, 1.165) is 38.4 Å². The van der Waals surface area contributed by atoms with Crippen LogP contribution in [0.15, 0.2) is 47.8 Å². The fourth-order valence-corrected chi connectivity index (χ4v) is 5.35. The molecule has 0 amide bonds. The molecule has 1 saturated heterocycles. The zero-order valence-electron chi connectivity index (χ0n) is 18.7. The van der Waals surface area contributed by atoms with E-state index in [4.69, 9.17) is 4.74 Å². The van der Waals surface area contributed by atoms with Gasteiger partial charge in [0.15, 0.2) is 5.78 Å². The van der Waals surface area contributed by atoms with Crippen LogP contribution < -0.4 is 4.74 Å². The number of likely N-dealkylation sites (tertiary alicyclic amines) is 1. The van der Waals surface area contributed by atoms with Gasteiger partial charge in [0.25, 0.3) is 0 Å². The minimum absolute atomic E-state index is 0. The third-order valence-electron chi connectivity index (χ3n) is 6.25. The molecule has 1 aliphatic carbocycles. The number of fused-ring (bicyclic) bond motifs is 3. The second kappa shape index (κ2) is 9.80. The Labute approximate surface area is 191 Å². The minimum Gasteiger partial charge on any atom is -0.496 e. The zero-order valence-corrected chi connectivity index (χ0v) is 19.6. The SMILES string of the molecule is CCN1CCCCC1.COc1ccc2c(c1-c1ccc(C)cc1)-c1ccsc1C(=O)C2.[HH]. The summed E-state index contributed by atoms with van der Waals surface area (Å²) in [5.74, 6) is 1.06. The van der Waals surface area contributed by atoms with Crippen LogP contribution in [0.5, 0.6) is 5.75 Å². The molecule has 5 rings (SSSR count). The van der Waals surface area contributed by atoms with E-state index < -0.39 is 0 Å². The van der Waals surface area contributed by atoms with Gasteiger partial charge in [0.2, 0.25) is 0 Å².